The molecule has 1 aliphatic carbocycles. The van der Waals surface area contributed by atoms with Gasteiger partial charge in [0, 0.05) is 30.4 Å². The zero-order chi connectivity index (χ0) is 24.2. The van der Waals surface area contributed by atoms with Gasteiger partial charge in [0.15, 0.2) is 0 Å². The first-order valence-electron chi connectivity index (χ1n) is 11.9. The molecule has 2 heterocycles. The maximum atomic E-state index is 13.1. The van der Waals surface area contributed by atoms with E-state index < -0.39 is 0 Å². The highest BCUT2D eigenvalue weighted by atomic mass is 19.1. The van der Waals surface area contributed by atoms with Gasteiger partial charge >= 0.3 is 0 Å². The molecule has 2 aromatic heterocycles. The third-order valence-corrected chi connectivity index (χ3v) is 6.45. The number of aromatic amines is 1. The Morgan fingerprint density at radius 1 is 1.06 bits per heavy atom. The Hall–Kier alpha value is -3.88. The highest BCUT2D eigenvalue weighted by molar-refractivity contribution is 5.77. The van der Waals surface area contributed by atoms with Crippen LogP contribution in [-0.4, -0.2) is 32.1 Å². The van der Waals surface area contributed by atoms with Crippen molar-refractivity contribution in [2.45, 2.75) is 56.9 Å². The fourth-order valence-electron chi connectivity index (χ4n) is 4.56. The summed E-state index contributed by atoms with van der Waals surface area (Å²) in [4.78, 5) is 31.9. The summed E-state index contributed by atoms with van der Waals surface area (Å²) in [5.74, 6) is 1.42. The summed E-state index contributed by atoms with van der Waals surface area (Å²) in [6, 6.07) is 13.3. The number of hydrogen-bond acceptors (Lipinski definition) is 6. The molecule has 1 fully saturated rings. The van der Waals surface area contributed by atoms with E-state index in [1.54, 1.807) is 18.2 Å². The first-order chi connectivity index (χ1) is 17.0. The summed E-state index contributed by atoms with van der Waals surface area (Å²) in [7, 11) is 0. The van der Waals surface area contributed by atoms with E-state index in [0.29, 0.717) is 53.3 Å². The molecule has 1 aliphatic rings. The second kappa shape index (κ2) is 10.2. The van der Waals surface area contributed by atoms with Crippen molar-refractivity contribution < 1.29 is 13.6 Å². The number of carbonyl (C=O) groups excluding carboxylic acids is 1. The maximum absolute atomic E-state index is 13.1. The van der Waals surface area contributed by atoms with Crippen LogP contribution >= 0.6 is 0 Å². The third kappa shape index (κ3) is 5.45. The first kappa shape index (κ1) is 22.9. The van der Waals surface area contributed by atoms with Crippen LogP contribution in [0, 0.1) is 5.82 Å². The molecule has 5 rings (SSSR count). The van der Waals surface area contributed by atoms with Gasteiger partial charge in [-0.25, -0.2) is 9.37 Å². The average Bonchev–Trinajstić information content (AvgIpc) is 3.35. The van der Waals surface area contributed by atoms with E-state index in [1.807, 2.05) is 18.2 Å². The monoisotopic (exact) mass is 475 g/mol. The van der Waals surface area contributed by atoms with Gasteiger partial charge in [0.2, 0.25) is 17.7 Å². The Kier molecular flexibility index (Phi) is 6.65. The molecule has 9 heteroatoms. The maximum Gasteiger partial charge on any atom is 0.258 e. The zero-order valence-corrected chi connectivity index (χ0v) is 19.2. The molecule has 8 nitrogen and oxygen atoms in total. The Labute approximate surface area is 201 Å². The van der Waals surface area contributed by atoms with Gasteiger partial charge in [-0.05, 0) is 68.5 Å². The molecule has 0 saturated heterocycles. The van der Waals surface area contributed by atoms with Crippen LogP contribution in [0.1, 0.15) is 56.2 Å². The molecule has 2 N–H and O–H groups in total. The number of aromatic nitrogens is 4. The number of benzene rings is 2. The lowest BCUT2D eigenvalue weighted by Gasteiger charge is -2.27. The minimum absolute atomic E-state index is 0.00738. The third-order valence-electron chi connectivity index (χ3n) is 6.45. The fraction of sp³-hybridized carbons (Fsp3) is 0.346. The van der Waals surface area contributed by atoms with Gasteiger partial charge in [-0.3, -0.25) is 9.59 Å². The fourth-order valence-corrected chi connectivity index (χ4v) is 4.56. The molecule has 180 valence electrons. The Balaban J connectivity index is 1.07. The van der Waals surface area contributed by atoms with Crippen molar-refractivity contribution in [1.29, 1.82) is 0 Å². The van der Waals surface area contributed by atoms with Crippen molar-refractivity contribution in [3.8, 4) is 11.5 Å². The lowest BCUT2D eigenvalue weighted by molar-refractivity contribution is -0.122. The smallest absolute Gasteiger partial charge is 0.258 e. The number of nitrogens with one attached hydrogen (secondary N) is 2. The topological polar surface area (TPSA) is 114 Å². The van der Waals surface area contributed by atoms with E-state index in [1.165, 1.54) is 12.1 Å². The molecule has 0 unspecified atom stereocenters. The van der Waals surface area contributed by atoms with Crippen molar-refractivity contribution in [2.24, 2.45) is 0 Å². The van der Waals surface area contributed by atoms with Gasteiger partial charge in [-0.2, -0.15) is 0 Å². The van der Waals surface area contributed by atoms with Crippen LogP contribution < -0.4 is 10.9 Å². The molecule has 0 atom stereocenters. The van der Waals surface area contributed by atoms with Gasteiger partial charge in [-0.1, -0.05) is 12.1 Å². The van der Waals surface area contributed by atoms with Crippen LogP contribution in [0.15, 0.2) is 57.7 Å². The number of aryl methyl sites for hydroxylation is 1. The summed E-state index contributed by atoms with van der Waals surface area (Å²) < 4.78 is 19.0. The van der Waals surface area contributed by atoms with E-state index in [2.05, 4.69) is 25.5 Å². The quantitative estimate of drug-likeness (QED) is 0.413. The number of rotatable bonds is 7. The van der Waals surface area contributed by atoms with Crippen molar-refractivity contribution in [3.05, 3.63) is 76.4 Å². The SMILES string of the molecule is O=C(CCCc1nc2ccccc2c(=O)[nH]1)NC1CCC(c2nnc(-c3ccc(F)cc3)o2)CC1. The van der Waals surface area contributed by atoms with Crippen LogP contribution in [0.4, 0.5) is 4.39 Å². The predicted molar refractivity (Wildman–Crippen MR) is 128 cm³/mol. The number of amides is 1. The van der Waals surface area contributed by atoms with E-state index in [9.17, 15) is 14.0 Å². The van der Waals surface area contributed by atoms with Crippen LogP contribution in [0.2, 0.25) is 0 Å². The molecule has 1 saturated carbocycles. The molecule has 0 aliphatic heterocycles. The minimum Gasteiger partial charge on any atom is -0.420 e. The second-order valence-electron chi connectivity index (χ2n) is 8.95. The Bertz CT molecular complexity index is 1370. The molecule has 0 spiro atoms. The highest BCUT2D eigenvalue weighted by Gasteiger charge is 2.27. The molecular weight excluding hydrogens is 449 g/mol. The highest BCUT2D eigenvalue weighted by Crippen LogP contribution is 2.33. The number of hydrogen-bond donors (Lipinski definition) is 2. The molecule has 0 radical (unpaired) electrons. The summed E-state index contributed by atoms with van der Waals surface area (Å²) >= 11 is 0. The average molecular weight is 476 g/mol. The summed E-state index contributed by atoms with van der Waals surface area (Å²) in [5, 5.41) is 12.0. The summed E-state index contributed by atoms with van der Waals surface area (Å²) in [5.41, 5.74) is 1.20. The Morgan fingerprint density at radius 2 is 1.83 bits per heavy atom. The van der Waals surface area contributed by atoms with Crippen LogP contribution in [0.25, 0.3) is 22.4 Å². The van der Waals surface area contributed by atoms with Gasteiger partial charge in [0.05, 0.1) is 10.9 Å². The van der Waals surface area contributed by atoms with Crippen molar-refractivity contribution in [1.82, 2.24) is 25.5 Å². The van der Waals surface area contributed by atoms with E-state index in [-0.39, 0.29) is 29.2 Å². The number of halogens is 1. The minimum atomic E-state index is -0.311. The van der Waals surface area contributed by atoms with E-state index >= 15 is 0 Å². The summed E-state index contributed by atoms with van der Waals surface area (Å²) in [6.07, 6.45) is 4.89. The standard InChI is InChI=1S/C26H26FN5O3/c27-18-12-8-16(9-13-18)25-31-32-26(35-25)17-10-14-19(15-11-17)28-23(33)7-3-6-22-29-21-5-2-1-4-20(21)24(34)30-22/h1-2,4-5,8-9,12-13,17,19H,3,6-7,10-11,14-15H2,(H,28,33)(H,29,30,34). The van der Waals surface area contributed by atoms with Gasteiger partial charge in [0.1, 0.15) is 11.6 Å². The molecule has 1 amide bonds. The predicted octanol–water partition coefficient (Wildman–Crippen LogP) is 4.28. The van der Waals surface area contributed by atoms with E-state index in [4.69, 9.17) is 4.42 Å². The number of carbonyl (C=O) groups is 1. The van der Waals surface area contributed by atoms with Gasteiger partial charge in [-0.15, -0.1) is 10.2 Å². The normalized spacial score (nSPS) is 18.0. The second-order valence-corrected chi connectivity index (χ2v) is 8.95. The van der Waals surface area contributed by atoms with Crippen molar-refractivity contribution in [3.63, 3.8) is 0 Å². The zero-order valence-electron chi connectivity index (χ0n) is 19.2. The van der Waals surface area contributed by atoms with Crippen molar-refractivity contribution >= 4 is 16.8 Å². The van der Waals surface area contributed by atoms with Crippen LogP contribution in [0.5, 0.6) is 0 Å². The largest absolute Gasteiger partial charge is 0.420 e. The number of H-pyrrole nitrogens is 1. The number of fused-ring (bicyclic) bond motifs is 1. The summed E-state index contributed by atoms with van der Waals surface area (Å²) in [6.45, 7) is 0. The van der Waals surface area contributed by atoms with E-state index in [0.717, 1.165) is 25.7 Å². The van der Waals surface area contributed by atoms with Gasteiger partial charge < -0.3 is 14.7 Å². The molecule has 0 bridgehead atoms. The molecule has 4 aromatic rings. The molecule has 35 heavy (non-hydrogen) atoms. The number of nitrogens with zero attached hydrogens (tertiary/aromatic N) is 3. The van der Waals surface area contributed by atoms with Crippen LogP contribution in [0.3, 0.4) is 0 Å². The van der Waals surface area contributed by atoms with Gasteiger partial charge in [0.25, 0.3) is 5.56 Å². The Morgan fingerprint density at radius 3 is 2.63 bits per heavy atom. The molecule has 2 aromatic carbocycles. The first-order valence-corrected chi connectivity index (χ1v) is 11.9. The lowest BCUT2D eigenvalue weighted by Crippen LogP contribution is -2.37. The molecular formula is C26H26FN5O3. The lowest BCUT2D eigenvalue weighted by atomic mass is 9.86. The van der Waals surface area contributed by atoms with Crippen molar-refractivity contribution in [2.75, 3.05) is 0 Å². The van der Waals surface area contributed by atoms with Crippen LogP contribution in [-0.2, 0) is 11.2 Å². The number of para-hydroxylation sites is 1.